The Balaban J connectivity index is 2.57. The van der Waals surface area contributed by atoms with Crippen LogP contribution in [0.2, 0.25) is 0 Å². The van der Waals surface area contributed by atoms with E-state index in [0.29, 0.717) is 18.8 Å². The second-order valence-corrected chi connectivity index (χ2v) is 5.50. The quantitative estimate of drug-likeness (QED) is 0.702. The van der Waals surface area contributed by atoms with Gasteiger partial charge in [-0.2, -0.15) is 0 Å². The molecule has 1 fully saturated rings. The molecule has 1 saturated heterocycles. The first-order valence-electron chi connectivity index (χ1n) is 7.09. The molecule has 1 heterocycles. The molecular formula is C14H28N2O3. The summed E-state index contributed by atoms with van der Waals surface area (Å²) in [5.74, 6) is -0.174. The van der Waals surface area contributed by atoms with Crippen LogP contribution in [0.15, 0.2) is 0 Å². The highest BCUT2D eigenvalue weighted by Gasteiger charge is 2.37. The van der Waals surface area contributed by atoms with Crippen molar-refractivity contribution < 1.29 is 14.3 Å². The van der Waals surface area contributed by atoms with Crippen LogP contribution in [-0.4, -0.2) is 62.4 Å². The molecule has 0 bridgehead atoms. The minimum absolute atomic E-state index is 0.174. The molecule has 3 unspecified atom stereocenters. The Morgan fingerprint density at radius 2 is 2.26 bits per heavy atom. The molecule has 5 nitrogen and oxygen atoms in total. The highest BCUT2D eigenvalue weighted by molar-refractivity contribution is 5.80. The van der Waals surface area contributed by atoms with Gasteiger partial charge in [-0.15, -0.1) is 0 Å². The highest BCUT2D eigenvalue weighted by Crippen LogP contribution is 2.22. The van der Waals surface area contributed by atoms with Crippen LogP contribution in [0.3, 0.4) is 0 Å². The first-order chi connectivity index (χ1) is 8.96. The van der Waals surface area contributed by atoms with Gasteiger partial charge in [-0.25, -0.2) is 0 Å². The molecule has 112 valence electrons. The van der Waals surface area contributed by atoms with Gasteiger partial charge in [-0.1, -0.05) is 0 Å². The van der Waals surface area contributed by atoms with Gasteiger partial charge >= 0.3 is 5.97 Å². The minimum atomic E-state index is -0.624. The van der Waals surface area contributed by atoms with Gasteiger partial charge in [0.05, 0.1) is 12.7 Å². The fourth-order valence-electron chi connectivity index (χ4n) is 2.64. The first kappa shape index (κ1) is 16.4. The summed E-state index contributed by atoms with van der Waals surface area (Å²) in [6.07, 6.45) is 2.13. The van der Waals surface area contributed by atoms with E-state index in [2.05, 4.69) is 17.1 Å². The minimum Gasteiger partial charge on any atom is -0.465 e. The summed E-state index contributed by atoms with van der Waals surface area (Å²) in [5.41, 5.74) is -0.624. The van der Waals surface area contributed by atoms with E-state index in [4.69, 9.17) is 9.47 Å². The fourth-order valence-corrected chi connectivity index (χ4v) is 2.64. The largest absolute Gasteiger partial charge is 0.465 e. The number of rotatable bonds is 7. The van der Waals surface area contributed by atoms with Crippen molar-refractivity contribution >= 4 is 5.97 Å². The van der Waals surface area contributed by atoms with Crippen molar-refractivity contribution in [2.24, 2.45) is 0 Å². The lowest BCUT2D eigenvalue weighted by atomic mass is 9.93. The maximum absolute atomic E-state index is 12.0. The Kier molecular flexibility index (Phi) is 6.23. The van der Waals surface area contributed by atoms with E-state index < -0.39 is 5.54 Å². The zero-order valence-corrected chi connectivity index (χ0v) is 12.9. The summed E-state index contributed by atoms with van der Waals surface area (Å²) in [4.78, 5) is 14.4. The molecule has 0 aromatic carbocycles. The zero-order chi connectivity index (χ0) is 14.5. The number of ether oxygens (including phenoxy) is 2. The van der Waals surface area contributed by atoms with Gasteiger partial charge < -0.3 is 14.8 Å². The third-order valence-electron chi connectivity index (χ3n) is 4.11. The lowest BCUT2D eigenvalue weighted by molar-refractivity contribution is -0.151. The molecule has 0 spiro atoms. The molecule has 0 aromatic heterocycles. The van der Waals surface area contributed by atoms with Gasteiger partial charge in [-0.3, -0.25) is 9.69 Å². The maximum Gasteiger partial charge on any atom is 0.326 e. The van der Waals surface area contributed by atoms with Crippen LogP contribution in [0.1, 0.15) is 33.6 Å². The second-order valence-electron chi connectivity index (χ2n) is 5.50. The summed E-state index contributed by atoms with van der Waals surface area (Å²) in [5, 5.41) is 3.11. The third kappa shape index (κ3) is 4.16. The smallest absolute Gasteiger partial charge is 0.326 e. The number of carbonyl (C=O) groups is 1. The van der Waals surface area contributed by atoms with E-state index in [1.807, 2.05) is 20.9 Å². The molecule has 0 saturated carbocycles. The first-order valence-corrected chi connectivity index (χ1v) is 7.09. The van der Waals surface area contributed by atoms with Gasteiger partial charge in [-0.05, 0) is 40.7 Å². The number of hydrogen-bond donors (Lipinski definition) is 1. The molecule has 5 heteroatoms. The van der Waals surface area contributed by atoms with Crippen LogP contribution < -0.4 is 5.32 Å². The summed E-state index contributed by atoms with van der Waals surface area (Å²) in [6, 6.07) is 0.321. The number of nitrogens with one attached hydrogen (secondary N) is 1. The molecule has 1 rings (SSSR count). The van der Waals surface area contributed by atoms with Crippen molar-refractivity contribution in [3.8, 4) is 0 Å². The number of likely N-dealkylation sites (tertiary alicyclic amines) is 1. The van der Waals surface area contributed by atoms with E-state index in [1.165, 1.54) is 0 Å². The molecule has 1 N–H and O–H groups in total. The summed E-state index contributed by atoms with van der Waals surface area (Å²) >= 11 is 0. The standard InChI is InChI=1S/C14H28N2O3/c1-6-19-13(17)14(3,15-4)9-11(2)16-8-7-12(10-16)18-5/h11-12,15H,6-10H2,1-5H3. The Bertz CT molecular complexity index is 298. The van der Waals surface area contributed by atoms with Gasteiger partial charge in [0, 0.05) is 26.2 Å². The van der Waals surface area contributed by atoms with Crippen LogP contribution in [-0.2, 0) is 14.3 Å². The van der Waals surface area contributed by atoms with Crippen molar-refractivity contribution in [2.75, 3.05) is 33.9 Å². The number of esters is 1. The van der Waals surface area contributed by atoms with Gasteiger partial charge in [0.25, 0.3) is 0 Å². The lowest BCUT2D eigenvalue weighted by Crippen LogP contribution is -2.52. The van der Waals surface area contributed by atoms with Crippen molar-refractivity contribution in [3.63, 3.8) is 0 Å². The monoisotopic (exact) mass is 272 g/mol. The van der Waals surface area contributed by atoms with E-state index in [-0.39, 0.29) is 5.97 Å². The van der Waals surface area contributed by atoms with Crippen LogP contribution >= 0.6 is 0 Å². The average molecular weight is 272 g/mol. The average Bonchev–Trinajstić information content (AvgIpc) is 2.87. The number of carbonyl (C=O) groups excluding carboxylic acids is 1. The van der Waals surface area contributed by atoms with Crippen molar-refractivity contribution in [1.82, 2.24) is 10.2 Å². The number of methoxy groups -OCH3 is 1. The number of nitrogens with zero attached hydrogens (tertiary/aromatic N) is 1. The molecule has 3 atom stereocenters. The molecular weight excluding hydrogens is 244 g/mol. The molecule has 0 amide bonds. The fraction of sp³-hybridized carbons (Fsp3) is 0.929. The highest BCUT2D eigenvalue weighted by atomic mass is 16.5. The van der Waals surface area contributed by atoms with Crippen LogP contribution in [0.5, 0.6) is 0 Å². The Labute approximate surface area is 116 Å². The van der Waals surface area contributed by atoms with Gasteiger partial charge in [0.1, 0.15) is 5.54 Å². The Morgan fingerprint density at radius 1 is 1.58 bits per heavy atom. The van der Waals surface area contributed by atoms with E-state index >= 15 is 0 Å². The van der Waals surface area contributed by atoms with Crippen LogP contribution in [0.25, 0.3) is 0 Å². The summed E-state index contributed by atoms with van der Waals surface area (Å²) < 4.78 is 10.5. The van der Waals surface area contributed by atoms with Crippen molar-refractivity contribution in [1.29, 1.82) is 0 Å². The maximum atomic E-state index is 12.0. The van der Waals surface area contributed by atoms with Crippen molar-refractivity contribution in [3.05, 3.63) is 0 Å². The zero-order valence-electron chi connectivity index (χ0n) is 12.9. The third-order valence-corrected chi connectivity index (χ3v) is 4.11. The molecule has 0 aliphatic carbocycles. The molecule has 1 aliphatic rings. The SMILES string of the molecule is CCOC(=O)C(C)(CC(C)N1CCC(OC)C1)NC. The summed E-state index contributed by atoms with van der Waals surface area (Å²) in [6.45, 7) is 8.29. The molecule has 0 aromatic rings. The van der Waals surface area contributed by atoms with E-state index in [9.17, 15) is 4.79 Å². The Hall–Kier alpha value is -0.650. The predicted octanol–water partition coefficient (Wildman–Crippen LogP) is 1.03. The van der Waals surface area contributed by atoms with Crippen LogP contribution in [0.4, 0.5) is 0 Å². The molecule has 19 heavy (non-hydrogen) atoms. The molecule has 1 aliphatic heterocycles. The van der Waals surface area contributed by atoms with Gasteiger partial charge in [0.2, 0.25) is 0 Å². The normalized spacial score (nSPS) is 25.0. The predicted molar refractivity (Wildman–Crippen MR) is 75.2 cm³/mol. The topological polar surface area (TPSA) is 50.8 Å². The van der Waals surface area contributed by atoms with Crippen molar-refractivity contribution in [2.45, 2.75) is 51.3 Å². The Morgan fingerprint density at radius 3 is 2.74 bits per heavy atom. The number of likely N-dealkylation sites (N-methyl/N-ethyl adjacent to an activating group) is 1. The van der Waals surface area contributed by atoms with E-state index in [0.717, 1.165) is 25.9 Å². The molecule has 0 radical (unpaired) electrons. The lowest BCUT2D eigenvalue weighted by Gasteiger charge is -2.33. The second kappa shape index (κ2) is 7.22. The van der Waals surface area contributed by atoms with Gasteiger partial charge in [0.15, 0.2) is 0 Å². The summed E-state index contributed by atoms with van der Waals surface area (Å²) in [7, 11) is 3.57. The number of hydrogen-bond acceptors (Lipinski definition) is 5. The van der Waals surface area contributed by atoms with Crippen LogP contribution in [0, 0.1) is 0 Å². The van der Waals surface area contributed by atoms with E-state index in [1.54, 1.807) is 7.11 Å².